The molecule has 0 bridgehead atoms. The van der Waals surface area contributed by atoms with E-state index >= 15 is 0 Å². The van der Waals surface area contributed by atoms with Crippen molar-refractivity contribution in [2.24, 2.45) is 11.8 Å². The quantitative estimate of drug-likeness (QED) is 0.867. The second-order valence-electron chi connectivity index (χ2n) is 7.44. The molecule has 0 amide bonds. The summed E-state index contributed by atoms with van der Waals surface area (Å²) < 4.78 is 0. The highest BCUT2D eigenvalue weighted by Gasteiger charge is 2.37. The summed E-state index contributed by atoms with van der Waals surface area (Å²) in [6.45, 7) is 14.5. The molecule has 108 valence electrons. The molecule has 1 heterocycles. The van der Waals surface area contributed by atoms with E-state index < -0.39 is 0 Å². The molecule has 1 saturated carbocycles. The lowest BCUT2D eigenvalue weighted by molar-refractivity contribution is 0.425. The summed E-state index contributed by atoms with van der Waals surface area (Å²) in [5.41, 5.74) is 1.51. The van der Waals surface area contributed by atoms with E-state index in [0.29, 0.717) is 5.92 Å². The fourth-order valence-corrected chi connectivity index (χ4v) is 3.54. The summed E-state index contributed by atoms with van der Waals surface area (Å²) >= 11 is 1.94. The molecule has 1 aromatic rings. The number of hydrogen-bond acceptors (Lipinski definition) is 3. The first-order valence-electron chi connectivity index (χ1n) is 7.49. The highest BCUT2D eigenvalue weighted by Crippen LogP contribution is 2.48. The lowest BCUT2D eigenvalue weighted by Gasteiger charge is -2.20. The summed E-state index contributed by atoms with van der Waals surface area (Å²) in [5, 5.41) is 4.99. The van der Waals surface area contributed by atoms with Gasteiger partial charge in [-0.3, -0.25) is 0 Å². The van der Waals surface area contributed by atoms with E-state index in [9.17, 15) is 0 Å². The molecule has 19 heavy (non-hydrogen) atoms. The molecule has 1 aliphatic rings. The van der Waals surface area contributed by atoms with Crippen LogP contribution in [0.25, 0.3) is 0 Å². The van der Waals surface area contributed by atoms with Crippen LogP contribution in [0.1, 0.15) is 69.5 Å². The molecule has 1 aromatic heterocycles. The van der Waals surface area contributed by atoms with E-state index in [-0.39, 0.29) is 5.54 Å². The maximum absolute atomic E-state index is 4.94. The second kappa shape index (κ2) is 5.53. The second-order valence-corrected chi connectivity index (χ2v) is 8.56. The minimum Gasteiger partial charge on any atom is -0.307 e. The van der Waals surface area contributed by atoms with Gasteiger partial charge < -0.3 is 5.32 Å². The Bertz CT molecular complexity index is 428. The summed E-state index contributed by atoms with van der Waals surface area (Å²) in [7, 11) is 0. The van der Waals surface area contributed by atoms with Crippen LogP contribution in [-0.4, -0.2) is 10.5 Å². The molecule has 2 atom stereocenters. The minimum absolute atomic E-state index is 0.173. The minimum atomic E-state index is 0.173. The van der Waals surface area contributed by atoms with Crippen molar-refractivity contribution in [1.29, 1.82) is 0 Å². The van der Waals surface area contributed by atoms with Crippen molar-refractivity contribution in [3.05, 3.63) is 15.6 Å². The lowest BCUT2D eigenvalue weighted by atomic mass is 10.1. The maximum Gasteiger partial charge on any atom is 0.0965 e. The van der Waals surface area contributed by atoms with E-state index in [4.69, 9.17) is 4.98 Å². The third-order valence-electron chi connectivity index (χ3n) is 3.60. The van der Waals surface area contributed by atoms with Crippen LogP contribution in [0.4, 0.5) is 0 Å². The van der Waals surface area contributed by atoms with Crippen molar-refractivity contribution >= 4 is 11.3 Å². The normalized spacial score (nSPS) is 23.1. The fourth-order valence-electron chi connectivity index (χ4n) is 2.26. The number of aromatic nitrogens is 1. The smallest absolute Gasteiger partial charge is 0.0965 e. The van der Waals surface area contributed by atoms with Gasteiger partial charge in [0, 0.05) is 22.9 Å². The van der Waals surface area contributed by atoms with E-state index in [1.807, 2.05) is 11.3 Å². The van der Waals surface area contributed by atoms with E-state index in [2.05, 4.69) is 46.9 Å². The molecule has 2 rings (SSSR count). The van der Waals surface area contributed by atoms with Gasteiger partial charge in [0.25, 0.3) is 0 Å². The molecular weight excluding hydrogens is 252 g/mol. The zero-order valence-electron chi connectivity index (χ0n) is 13.2. The molecule has 1 fully saturated rings. The van der Waals surface area contributed by atoms with Crippen molar-refractivity contribution < 1.29 is 0 Å². The Hall–Kier alpha value is -0.410. The first-order valence-corrected chi connectivity index (χ1v) is 8.31. The number of nitrogens with one attached hydrogen (secondary N) is 1. The summed E-state index contributed by atoms with van der Waals surface area (Å²) in [6.07, 6.45) is 2.44. The molecule has 0 aromatic carbocycles. The first-order chi connectivity index (χ1) is 8.76. The predicted molar refractivity (Wildman–Crippen MR) is 83.8 cm³/mol. The summed E-state index contributed by atoms with van der Waals surface area (Å²) in [4.78, 5) is 6.40. The molecule has 1 aliphatic carbocycles. The van der Waals surface area contributed by atoms with Gasteiger partial charge >= 0.3 is 0 Å². The molecule has 0 radical (unpaired) electrons. The van der Waals surface area contributed by atoms with Crippen LogP contribution in [0, 0.1) is 11.8 Å². The van der Waals surface area contributed by atoms with Crippen molar-refractivity contribution in [3.63, 3.8) is 0 Å². The van der Waals surface area contributed by atoms with Crippen LogP contribution in [0.2, 0.25) is 0 Å². The van der Waals surface area contributed by atoms with Crippen molar-refractivity contribution in [1.82, 2.24) is 10.3 Å². The van der Waals surface area contributed by atoms with E-state index in [1.54, 1.807) is 0 Å². The Morgan fingerprint density at radius 2 is 2.00 bits per heavy atom. The van der Waals surface area contributed by atoms with Crippen LogP contribution >= 0.6 is 11.3 Å². The Balaban J connectivity index is 2.11. The third kappa shape index (κ3) is 4.28. The predicted octanol–water partition coefficient (Wildman–Crippen LogP) is 4.35. The molecule has 0 saturated heterocycles. The van der Waals surface area contributed by atoms with Crippen molar-refractivity contribution in [3.8, 4) is 0 Å². The molecular formula is C16H28N2S. The third-order valence-corrected chi connectivity index (χ3v) is 4.83. The van der Waals surface area contributed by atoms with Gasteiger partial charge in [-0.05, 0) is 45.4 Å². The van der Waals surface area contributed by atoms with Crippen LogP contribution in [0.5, 0.6) is 0 Å². The molecule has 0 aliphatic heterocycles. The molecule has 3 heteroatoms. The van der Waals surface area contributed by atoms with Gasteiger partial charge in [0.05, 0.1) is 10.7 Å². The van der Waals surface area contributed by atoms with Gasteiger partial charge in [-0.15, -0.1) is 11.3 Å². The lowest BCUT2D eigenvalue weighted by Crippen LogP contribution is -2.35. The number of thiazole rings is 1. The molecule has 2 unspecified atom stereocenters. The molecule has 2 nitrogen and oxygen atoms in total. The largest absolute Gasteiger partial charge is 0.307 e. The zero-order valence-corrected chi connectivity index (χ0v) is 14.0. The van der Waals surface area contributed by atoms with Gasteiger partial charge in [0.1, 0.15) is 0 Å². The van der Waals surface area contributed by atoms with Crippen molar-refractivity contribution in [2.45, 2.75) is 72.4 Å². The highest BCUT2D eigenvalue weighted by atomic mass is 32.1. The van der Waals surface area contributed by atoms with Crippen LogP contribution < -0.4 is 5.32 Å². The summed E-state index contributed by atoms with van der Waals surface area (Å²) in [6, 6.07) is 0. The molecule has 1 N–H and O–H groups in total. The van der Waals surface area contributed by atoms with Gasteiger partial charge in [-0.2, -0.15) is 0 Å². The van der Waals surface area contributed by atoms with Gasteiger partial charge in [0.2, 0.25) is 0 Å². The fraction of sp³-hybridized carbons (Fsp3) is 0.812. The van der Waals surface area contributed by atoms with Gasteiger partial charge in [-0.25, -0.2) is 4.98 Å². The number of hydrogen-bond donors (Lipinski definition) is 1. The van der Waals surface area contributed by atoms with E-state index in [1.165, 1.54) is 22.0 Å². The topological polar surface area (TPSA) is 24.9 Å². The van der Waals surface area contributed by atoms with Crippen LogP contribution in [0.3, 0.4) is 0 Å². The molecule has 0 spiro atoms. The van der Waals surface area contributed by atoms with Crippen LogP contribution in [0.15, 0.2) is 0 Å². The SMILES string of the molecule is CC(C)Cc1nc(C2CC2C)sc1CNC(C)(C)C. The van der Waals surface area contributed by atoms with Gasteiger partial charge in [0.15, 0.2) is 0 Å². The summed E-state index contributed by atoms with van der Waals surface area (Å²) in [5.74, 6) is 2.28. The highest BCUT2D eigenvalue weighted by molar-refractivity contribution is 7.11. The van der Waals surface area contributed by atoms with Crippen LogP contribution in [-0.2, 0) is 13.0 Å². The monoisotopic (exact) mass is 280 g/mol. The maximum atomic E-state index is 4.94. The average molecular weight is 280 g/mol. The number of rotatable bonds is 5. The Morgan fingerprint density at radius 3 is 2.47 bits per heavy atom. The Morgan fingerprint density at radius 1 is 1.37 bits per heavy atom. The van der Waals surface area contributed by atoms with Gasteiger partial charge in [-0.1, -0.05) is 20.8 Å². The Kier molecular flexibility index (Phi) is 4.36. The zero-order chi connectivity index (χ0) is 14.2. The first kappa shape index (κ1) is 15.0. The Labute approximate surface area is 122 Å². The average Bonchev–Trinajstić information content (AvgIpc) is 2.85. The number of nitrogens with zero attached hydrogens (tertiary/aromatic N) is 1. The van der Waals surface area contributed by atoms with Crippen molar-refractivity contribution in [2.75, 3.05) is 0 Å². The van der Waals surface area contributed by atoms with E-state index in [0.717, 1.165) is 24.8 Å². The standard InChI is InChI=1S/C16H28N2S/c1-10(2)7-13-14(9-17-16(4,5)6)19-15(18-13)12-8-11(12)3/h10-12,17H,7-9H2,1-6H3.